The highest BCUT2D eigenvalue weighted by Gasteiger charge is 2.32. The summed E-state index contributed by atoms with van der Waals surface area (Å²) in [5, 5.41) is 14.8. The zero-order chi connectivity index (χ0) is 22.5. The lowest BCUT2D eigenvalue weighted by molar-refractivity contribution is 0.100. The van der Waals surface area contributed by atoms with Crippen LogP contribution in [0.1, 0.15) is 35.3 Å². The van der Waals surface area contributed by atoms with Crippen molar-refractivity contribution < 1.29 is 9.59 Å². The van der Waals surface area contributed by atoms with E-state index in [9.17, 15) is 14.5 Å². The fourth-order valence-corrected chi connectivity index (χ4v) is 3.86. The number of halogens is 1. The van der Waals surface area contributed by atoms with Gasteiger partial charge in [-0.2, -0.15) is 5.26 Å². The highest BCUT2D eigenvalue weighted by atomic mass is 35.5. The number of carbonyl (C=O) groups is 2. The third kappa shape index (κ3) is 5.01. The Morgan fingerprint density at radius 1 is 1.16 bits per heavy atom. The molecule has 0 radical (unpaired) electrons. The molecule has 1 fully saturated rings. The second-order valence-electron chi connectivity index (χ2n) is 7.53. The Morgan fingerprint density at radius 3 is 2.48 bits per heavy atom. The van der Waals surface area contributed by atoms with E-state index in [0.717, 1.165) is 11.3 Å². The lowest BCUT2D eigenvalue weighted by atomic mass is 10.1. The summed E-state index contributed by atoms with van der Waals surface area (Å²) in [7, 11) is 0. The molecule has 160 valence electrons. The van der Waals surface area contributed by atoms with Crippen LogP contribution >= 0.6 is 11.6 Å². The van der Waals surface area contributed by atoms with Crippen LogP contribution in [0.2, 0.25) is 5.02 Å². The summed E-state index contributed by atoms with van der Waals surface area (Å²) in [5.41, 5.74) is 2.38. The van der Waals surface area contributed by atoms with Gasteiger partial charge in [-0.05, 0) is 49.7 Å². The molecule has 8 nitrogen and oxygen atoms in total. The van der Waals surface area contributed by atoms with Crippen molar-refractivity contribution in [3.63, 3.8) is 0 Å². The third-order valence-corrected chi connectivity index (χ3v) is 5.69. The van der Waals surface area contributed by atoms with E-state index in [1.165, 1.54) is 12.1 Å². The van der Waals surface area contributed by atoms with Crippen LogP contribution in [0.25, 0.3) is 0 Å². The number of piperazine rings is 1. The first-order chi connectivity index (χ1) is 14.8. The zero-order valence-electron chi connectivity index (χ0n) is 17.2. The standard InChI is InChI=1S/C22H22ClN5O3/c1-14-13-28(15(2)12-27(14)19-8-7-18(10-24)20(23)9-19)22(30)25-11-16-3-5-17(6-4-16)21(29)26-31/h3-9,14-15H,11-13H2,1-2H3,(H,25,30)/t14-,15+/m0/s1. The van der Waals surface area contributed by atoms with Crippen LogP contribution in [0, 0.1) is 16.2 Å². The Hall–Kier alpha value is -3.44. The molecular weight excluding hydrogens is 418 g/mol. The van der Waals surface area contributed by atoms with Gasteiger partial charge in [-0.15, -0.1) is 4.91 Å². The fourth-order valence-electron chi connectivity index (χ4n) is 3.64. The minimum absolute atomic E-state index is 0.0377. The molecule has 0 saturated carbocycles. The SMILES string of the molecule is C[C@@H]1CN(c2ccc(C#N)c(Cl)c2)[C@@H](C)CN1C(=O)NCc1ccc(C(=O)N=O)cc1. The van der Waals surface area contributed by atoms with Gasteiger partial charge in [0.15, 0.2) is 0 Å². The average molecular weight is 440 g/mol. The predicted octanol–water partition coefficient (Wildman–Crippen LogP) is 3.93. The molecule has 1 aliphatic heterocycles. The molecule has 1 heterocycles. The maximum absolute atomic E-state index is 12.8. The van der Waals surface area contributed by atoms with Gasteiger partial charge in [0, 0.05) is 48.1 Å². The number of urea groups is 1. The summed E-state index contributed by atoms with van der Waals surface area (Å²) in [5.74, 6) is -0.820. The van der Waals surface area contributed by atoms with Crippen LogP contribution in [0.3, 0.4) is 0 Å². The molecule has 3 rings (SSSR count). The van der Waals surface area contributed by atoms with E-state index < -0.39 is 5.91 Å². The number of nitrogens with zero attached hydrogens (tertiary/aromatic N) is 4. The number of carbonyl (C=O) groups excluding carboxylic acids is 2. The average Bonchev–Trinajstić information content (AvgIpc) is 2.78. The van der Waals surface area contributed by atoms with Crippen molar-refractivity contribution in [1.29, 1.82) is 5.26 Å². The first kappa shape index (κ1) is 22.2. The first-order valence-electron chi connectivity index (χ1n) is 9.81. The van der Waals surface area contributed by atoms with Crippen LogP contribution < -0.4 is 10.2 Å². The minimum atomic E-state index is -0.820. The molecule has 2 aromatic carbocycles. The monoisotopic (exact) mass is 439 g/mol. The first-order valence-corrected chi connectivity index (χ1v) is 10.2. The van der Waals surface area contributed by atoms with Crippen molar-refractivity contribution in [2.45, 2.75) is 32.5 Å². The molecule has 0 aliphatic carbocycles. The highest BCUT2D eigenvalue weighted by molar-refractivity contribution is 6.32. The largest absolute Gasteiger partial charge is 0.365 e. The summed E-state index contributed by atoms with van der Waals surface area (Å²) in [6.45, 7) is 5.48. The molecule has 0 aromatic heterocycles. The molecule has 9 heteroatoms. The molecule has 1 aliphatic rings. The maximum atomic E-state index is 12.8. The van der Waals surface area contributed by atoms with E-state index in [0.29, 0.717) is 30.2 Å². The minimum Gasteiger partial charge on any atom is -0.365 e. The highest BCUT2D eigenvalue weighted by Crippen LogP contribution is 2.28. The number of hydrogen-bond donors (Lipinski definition) is 1. The lowest BCUT2D eigenvalue weighted by Gasteiger charge is -2.45. The molecule has 0 bridgehead atoms. The van der Waals surface area contributed by atoms with Crippen LogP contribution in [-0.2, 0) is 6.54 Å². The quantitative estimate of drug-likeness (QED) is 0.726. The van der Waals surface area contributed by atoms with Crippen LogP contribution in [-0.4, -0.2) is 42.0 Å². The number of nitrogens with one attached hydrogen (secondary N) is 1. The molecule has 0 unspecified atom stereocenters. The summed E-state index contributed by atoms with van der Waals surface area (Å²) < 4.78 is 0. The third-order valence-electron chi connectivity index (χ3n) is 5.38. The summed E-state index contributed by atoms with van der Waals surface area (Å²) >= 11 is 6.18. The number of hydrogen-bond acceptors (Lipinski definition) is 5. The Bertz CT molecular complexity index is 1030. The van der Waals surface area contributed by atoms with Crippen LogP contribution in [0.15, 0.2) is 47.6 Å². The second kappa shape index (κ2) is 9.58. The van der Waals surface area contributed by atoms with Crippen molar-refractivity contribution in [3.8, 4) is 6.07 Å². The van der Waals surface area contributed by atoms with Crippen molar-refractivity contribution in [3.05, 3.63) is 69.1 Å². The fraction of sp³-hybridized carbons (Fsp3) is 0.318. The van der Waals surface area contributed by atoms with Gasteiger partial charge < -0.3 is 15.1 Å². The van der Waals surface area contributed by atoms with E-state index in [1.807, 2.05) is 19.9 Å². The summed E-state index contributed by atoms with van der Waals surface area (Å²) in [4.78, 5) is 38.3. The lowest BCUT2D eigenvalue weighted by Crippen LogP contribution is -2.60. The van der Waals surface area contributed by atoms with Crippen LogP contribution in [0.4, 0.5) is 10.5 Å². The number of benzene rings is 2. The number of rotatable bonds is 4. The summed E-state index contributed by atoms with van der Waals surface area (Å²) in [6, 6.07) is 13.7. The van der Waals surface area contributed by atoms with Gasteiger partial charge in [0.05, 0.1) is 10.6 Å². The van der Waals surface area contributed by atoms with E-state index in [1.54, 1.807) is 29.2 Å². The molecule has 3 amide bonds. The second-order valence-corrected chi connectivity index (χ2v) is 7.94. The molecule has 1 N–H and O–H groups in total. The summed E-state index contributed by atoms with van der Waals surface area (Å²) in [6.07, 6.45) is 0. The number of nitroso groups, excluding NO2 is 1. The van der Waals surface area contributed by atoms with Gasteiger partial charge >= 0.3 is 11.9 Å². The molecule has 2 atom stereocenters. The Kier molecular flexibility index (Phi) is 6.88. The smallest absolute Gasteiger partial charge is 0.318 e. The van der Waals surface area contributed by atoms with Gasteiger partial charge in [-0.3, -0.25) is 4.79 Å². The van der Waals surface area contributed by atoms with E-state index in [4.69, 9.17) is 16.9 Å². The van der Waals surface area contributed by atoms with Crippen LogP contribution in [0.5, 0.6) is 0 Å². The van der Waals surface area contributed by atoms with Gasteiger partial charge in [0.25, 0.3) is 0 Å². The zero-order valence-corrected chi connectivity index (χ0v) is 18.0. The Balaban J connectivity index is 1.61. The molecule has 0 spiro atoms. The molecular formula is C22H22ClN5O3. The normalized spacial score (nSPS) is 18.3. The van der Waals surface area contributed by atoms with Gasteiger partial charge in [-0.1, -0.05) is 23.7 Å². The molecule has 31 heavy (non-hydrogen) atoms. The number of anilines is 1. The van der Waals surface area contributed by atoms with Crippen molar-refractivity contribution in [1.82, 2.24) is 10.2 Å². The van der Waals surface area contributed by atoms with Gasteiger partial charge in [-0.25, -0.2) is 4.79 Å². The van der Waals surface area contributed by atoms with E-state index >= 15 is 0 Å². The van der Waals surface area contributed by atoms with Crippen molar-refractivity contribution >= 4 is 29.2 Å². The van der Waals surface area contributed by atoms with Gasteiger partial charge in [0.2, 0.25) is 0 Å². The van der Waals surface area contributed by atoms with Gasteiger partial charge in [0.1, 0.15) is 6.07 Å². The van der Waals surface area contributed by atoms with Crippen molar-refractivity contribution in [2.24, 2.45) is 5.18 Å². The predicted molar refractivity (Wildman–Crippen MR) is 118 cm³/mol. The Labute approximate surface area is 185 Å². The van der Waals surface area contributed by atoms with Crippen molar-refractivity contribution in [2.75, 3.05) is 18.0 Å². The Morgan fingerprint density at radius 2 is 1.87 bits per heavy atom. The number of nitriles is 1. The molecule has 2 aromatic rings. The molecule has 1 saturated heterocycles. The van der Waals surface area contributed by atoms with E-state index in [2.05, 4.69) is 21.5 Å². The van der Waals surface area contributed by atoms with E-state index in [-0.39, 0.29) is 23.7 Å². The maximum Gasteiger partial charge on any atom is 0.318 e. The topological polar surface area (TPSA) is 106 Å². The number of amides is 3.